The molecule has 0 spiro atoms. The van der Waals surface area contributed by atoms with Crippen molar-refractivity contribution in [3.05, 3.63) is 11.6 Å². The summed E-state index contributed by atoms with van der Waals surface area (Å²) < 4.78 is 5.23. The topological polar surface area (TPSA) is 55.6 Å². The quantitative estimate of drug-likeness (QED) is 0.805. The van der Waals surface area contributed by atoms with E-state index in [9.17, 15) is 4.79 Å². The molecule has 0 aromatic rings. The van der Waals surface area contributed by atoms with E-state index in [1.165, 1.54) is 16.7 Å². The van der Waals surface area contributed by atoms with Crippen molar-refractivity contribution in [2.45, 2.75) is 26.4 Å². The van der Waals surface area contributed by atoms with Crippen molar-refractivity contribution >= 4 is 17.9 Å². The van der Waals surface area contributed by atoms with E-state index in [-0.39, 0.29) is 0 Å². The molecule has 1 amide bonds. The number of carbonyl (C=O) groups excluding carboxylic acids is 1. The zero-order valence-corrected chi connectivity index (χ0v) is 10.7. The number of amides is 1. The summed E-state index contributed by atoms with van der Waals surface area (Å²) in [5.74, 6) is 0. The van der Waals surface area contributed by atoms with Crippen LogP contribution in [-0.2, 0) is 4.74 Å². The van der Waals surface area contributed by atoms with Crippen molar-refractivity contribution in [2.75, 3.05) is 19.3 Å². The molecule has 0 unspecified atom stereocenters. The standard InChI is InChI=1S/C10H20N2O2S/c1-8(15-5)12(7-6-11)9(13)14-10(2,3)4/h1,6-7,11H2,2-5H3. The maximum atomic E-state index is 11.7. The highest BCUT2D eigenvalue weighted by atomic mass is 32.2. The lowest BCUT2D eigenvalue weighted by Crippen LogP contribution is -2.38. The van der Waals surface area contributed by atoms with Crippen LogP contribution in [0.1, 0.15) is 20.8 Å². The molecule has 0 rings (SSSR count). The zero-order valence-electron chi connectivity index (χ0n) is 9.87. The van der Waals surface area contributed by atoms with Gasteiger partial charge in [-0.25, -0.2) is 4.79 Å². The van der Waals surface area contributed by atoms with E-state index in [2.05, 4.69) is 6.58 Å². The highest BCUT2D eigenvalue weighted by Gasteiger charge is 2.23. The fourth-order valence-corrected chi connectivity index (χ4v) is 1.26. The molecule has 0 aromatic carbocycles. The SMILES string of the molecule is C=C(SC)N(CCN)C(=O)OC(C)(C)C. The number of nitrogens with two attached hydrogens (primary N) is 1. The summed E-state index contributed by atoms with van der Waals surface area (Å²) in [5.41, 5.74) is 4.93. The fourth-order valence-electron chi connectivity index (χ4n) is 0.874. The maximum Gasteiger partial charge on any atom is 0.415 e. The summed E-state index contributed by atoms with van der Waals surface area (Å²) in [4.78, 5) is 13.2. The Morgan fingerprint density at radius 2 is 2.07 bits per heavy atom. The van der Waals surface area contributed by atoms with Crippen molar-refractivity contribution in [2.24, 2.45) is 5.73 Å². The van der Waals surface area contributed by atoms with Gasteiger partial charge in [-0.3, -0.25) is 4.90 Å². The summed E-state index contributed by atoms with van der Waals surface area (Å²) in [6.07, 6.45) is 1.46. The maximum absolute atomic E-state index is 11.7. The summed E-state index contributed by atoms with van der Waals surface area (Å²) in [6, 6.07) is 0. The Labute approximate surface area is 95.8 Å². The third-order valence-electron chi connectivity index (χ3n) is 1.50. The van der Waals surface area contributed by atoms with E-state index < -0.39 is 11.7 Å². The average Bonchev–Trinajstić information content (AvgIpc) is 2.10. The van der Waals surface area contributed by atoms with Crippen molar-refractivity contribution in [1.29, 1.82) is 0 Å². The number of nitrogens with zero attached hydrogens (tertiary/aromatic N) is 1. The Morgan fingerprint density at radius 1 is 1.53 bits per heavy atom. The molecule has 15 heavy (non-hydrogen) atoms. The van der Waals surface area contributed by atoms with Gasteiger partial charge in [0.2, 0.25) is 0 Å². The van der Waals surface area contributed by atoms with Gasteiger partial charge in [0.25, 0.3) is 0 Å². The minimum absolute atomic E-state index is 0.388. The molecule has 0 saturated heterocycles. The van der Waals surface area contributed by atoms with Crippen LogP contribution in [0.4, 0.5) is 4.79 Å². The van der Waals surface area contributed by atoms with Gasteiger partial charge in [0.15, 0.2) is 0 Å². The third kappa shape index (κ3) is 5.69. The Kier molecular flexibility index (Phi) is 5.75. The number of rotatable bonds is 4. The minimum Gasteiger partial charge on any atom is -0.443 e. The number of hydrogen-bond acceptors (Lipinski definition) is 4. The van der Waals surface area contributed by atoms with Crippen LogP contribution in [0.15, 0.2) is 11.6 Å². The smallest absolute Gasteiger partial charge is 0.415 e. The minimum atomic E-state index is -0.497. The first-order valence-corrected chi connectivity index (χ1v) is 5.97. The number of carbonyl (C=O) groups is 1. The molecule has 0 saturated carbocycles. The van der Waals surface area contributed by atoms with E-state index in [1.54, 1.807) is 0 Å². The lowest BCUT2D eigenvalue weighted by molar-refractivity contribution is 0.0334. The Morgan fingerprint density at radius 3 is 2.40 bits per heavy atom. The fraction of sp³-hybridized carbons (Fsp3) is 0.700. The lowest BCUT2D eigenvalue weighted by atomic mass is 10.2. The van der Waals surface area contributed by atoms with Crippen LogP contribution in [0.2, 0.25) is 0 Å². The van der Waals surface area contributed by atoms with Crippen LogP contribution in [0.5, 0.6) is 0 Å². The summed E-state index contributed by atoms with van der Waals surface area (Å²) >= 11 is 1.40. The molecule has 0 bridgehead atoms. The second kappa shape index (κ2) is 6.02. The highest BCUT2D eigenvalue weighted by Crippen LogP contribution is 2.18. The van der Waals surface area contributed by atoms with E-state index in [4.69, 9.17) is 10.5 Å². The molecule has 0 aliphatic rings. The molecule has 88 valence electrons. The molecule has 0 aliphatic carbocycles. The van der Waals surface area contributed by atoms with Gasteiger partial charge in [-0.1, -0.05) is 6.58 Å². The van der Waals surface area contributed by atoms with Gasteiger partial charge < -0.3 is 10.5 Å². The Hall–Kier alpha value is -0.680. The van der Waals surface area contributed by atoms with Crippen molar-refractivity contribution in [1.82, 2.24) is 4.90 Å². The van der Waals surface area contributed by atoms with Crippen LogP contribution < -0.4 is 5.73 Å². The molecule has 0 atom stereocenters. The van der Waals surface area contributed by atoms with Crippen molar-refractivity contribution < 1.29 is 9.53 Å². The molecule has 0 aliphatic heterocycles. The lowest BCUT2D eigenvalue weighted by Gasteiger charge is -2.27. The van der Waals surface area contributed by atoms with E-state index in [1.807, 2.05) is 27.0 Å². The first kappa shape index (κ1) is 14.3. The van der Waals surface area contributed by atoms with Crippen LogP contribution in [0, 0.1) is 0 Å². The van der Waals surface area contributed by atoms with E-state index >= 15 is 0 Å². The van der Waals surface area contributed by atoms with Crippen LogP contribution in [-0.4, -0.2) is 35.9 Å². The highest BCUT2D eigenvalue weighted by molar-refractivity contribution is 8.02. The molecule has 0 radical (unpaired) electrons. The first-order valence-electron chi connectivity index (χ1n) is 4.75. The van der Waals surface area contributed by atoms with Gasteiger partial charge in [-0.15, -0.1) is 11.8 Å². The van der Waals surface area contributed by atoms with Gasteiger partial charge in [0, 0.05) is 13.1 Å². The molecule has 4 nitrogen and oxygen atoms in total. The van der Waals surface area contributed by atoms with Gasteiger partial charge in [0.1, 0.15) is 5.60 Å². The van der Waals surface area contributed by atoms with Crippen molar-refractivity contribution in [3.63, 3.8) is 0 Å². The van der Waals surface area contributed by atoms with Gasteiger partial charge >= 0.3 is 6.09 Å². The largest absolute Gasteiger partial charge is 0.443 e. The molecule has 5 heteroatoms. The van der Waals surface area contributed by atoms with E-state index in [0.29, 0.717) is 18.1 Å². The summed E-state index contributed by atoms with van der Waals surface area (Å²) in [6.45, 7) is 10.1. The predicted octanol–water partition coefficient (Wildman–Crippen LogP) is 2.02. The number of ether oxygens (including phenoxy) is 1. The normalized spacial score (nSPS) is 11.0. The molecule has 0 heterocycles. The Bertz CT molecular complexity index is 236. The summed E-state index contributed by atoms with van der Waals surface area (Å²) in [5, 5.41) is 0.648. The second-order valence-electron chi connectivity index (χ2n) is 4.02. The van der Waals surface area contributed by atoms with E-state index in [0.717, 1.165) is 0 Å². The molecule has 0 aromatic heterocycles. The van der Waals surface area contributed by atoms with Crippen LogP contribution >= 0.6 is 11.8 Å². The predicted molar refractivity (Wildman–Crippen MR) is 64.6 cm³/mol. The van der Waals surface area contributed by atoms with Crippen molar-refractivity contribution in [3.8, 4) is 0 Å². The third-order valence-corrected chi connectivity index (χ3v) is 2.19. The van der Waals surface area contributed by atoms with Crippen LogP contribution in [0.3, 0.4) is 0 Å². The monoisotopic (exact) mass is 232 g/mol. The molecule has 0 fully saturated rings. The summed E-state index contributed by atoms with van der Waals surface area (Å²) in [7, 11) is 0. The zero-order chi connectivity index (χ0) is 12.1. The first-order chi connectivity index (χ1) is 6.81. The molecular formula is C10H20N2O2S. The van der Waals surface area contributed by atoms with Gasteiger partial charge in [0.05, 0.1) is 5.03 Å². The Balaban J connectivity index is 4.49. The second-order valence-corrected chi connectivity index (χ2v) is 4.90. The molecular weight excluding hydrogens is 212 g/mol. The van der Waals surface area contributed by atoms with Gasteiger partial charge in [-0.05, 0) is 27.0 Å². The van der Waals surface area contributed by atoms with Gasteiger partial charge in [-0.2, -0.15) is 0 Å². The number of hydrogen-bond donors (Lipinski definition) is 1. The van der Waals surface area contributed by atoms with Crippen LogP contribution in [0.25, 0.3) is 0 Å². The average molecular weight is 232 g/mol. The molecule has 2 N–H and O–H groups in total. The number of thioether (sulfide) groups is 1.